The molecule has 0 saturated heterocycles. The molecule has 0 unspecified atom stereocenters. The first-order valence-electron chi connectivity index (χ1n) is 6.17. The predicted octanol–water partition coefficient (Wildman–Crippen LogP) is 3.44. The second-order valence-electron chi connectivity index (χ2n) is 4.57. The number of pyridine rings is 1. The molecule has 2 N–H and O–H groups in total. The monoisotopic (exact) mass is 283 g/mol. The van der Waals surface area contributed by atoms with Gasteiger partial charge in [-0.15, -0.1) is 0 Å². The Morgan fingerprint density at radius 1 is 1.05 bits per heavy atom. The molecule has 0 saturated carbocycles. The molecule has 1 heterocycles. The molecule has 0 radical (unpaired) electrons. The Hall–Kier alpha value is -2.95. The fourth-order valence-corrected chi connectivity index (χ4v) is 2.19. The minimum Gasteiger partial charge on any atom is -0.505 e. The van der Waals surface area contributed by atoms with E-state index < -0.39 is 5.97 Å². The maximum atomic E-state index is 12.9. The maximum Gasteiger partial charge on any atom is 0.358 e. The molecule has 3 rings (SSSR count). The highest BCUT2D eigenvalue weighted by Gasteiger charge is 2.14. The van der Waals surface area contributed by atoms with Crippen molar-refractivity contribution in [1.82, 2.24) is 4.98 Å². The lowest BCUT2D eigenvalue weighted by molar-refractivity contribution is 0.0687. The first-order chi connectivity index (χ1) is 10.1. The van der Waals surface area contributed by atoms with Crippen LogP contribution in [0.25, 0.3) is 21.9 Å². The van der Waals surface area contributed by atoms with Crippen molar-refractivity contribution >= 4 is 16.7 Å². The van der Waals surface area contributed by atoms with Gasteiger partial charge in [0.25, 0.3) is 0 Å². The van der Waals surface area contributed by atoms with E-state index in [0.717, 1.165) is 11.1 Å². The van der Waals surface area contributed by atoms with Crippen LogP contribution in [0.2, 0.25) is 0 Å². The summed E-state index contributed by atoms with van der Waals surface area (Å²) < 4.78 is 12.9. The number of halogens is 1. The number of benzene rings is 2. The van der Waals surface area contributed by atoms with E-state index in [-0.39, 0.29) is 17.3 Å². The third-order valence-electron chi connectivity index (χ3n) is 3.24. The first-order valence-corrected chi connectivity index (χ1v) is 6.17. The van der Waals surface area contributed by atoms with E-state index in [4.69, 9.17) is 5.11 Å². The van der Waals surface area contributed by atoms with Crippen molar-refractivity contribution in [1.29, 1.82) is 0 Å². The number of rotatable bonds is 2. The normalized spacial score (nSPS) is 10.7. The number of carbonyl (C=O) groups is 1. The predicted molar refractivity (Wildman–Crippen MR) is 75.8 cm³/mol. The Morgan fingerprint density at radius 2 is 1.71 bits per heavy atom. The van der Waals surface area contributed by atoms with E-state index in [0.29, 0.717) is 10.8 Å². The van der Waals surface area contributed by atoms with E-state index in [1.807, 2.05) is 0 Å². The molecule has 4 nitrogen and oxygen atoms in total. The Kier molecular flexibility index (Phi) is 3.02. The van der Waals surface area contributed by atoms with E-state index in [2.05, 4.69) is 4.98 Å². The lowest BCUT2D eigenvalue weighted by Gasteiger charge is -2.07. The molecule has 5 heteroatoms. The van der Waals surface area contributed by atoms with Crippen molar-refractivity contribution in [2.75, 3.05) is 0 Å². The minimum absolute atomic E-state index is 0.315. The van der Waals surface area contributed by atoms with Gasteiger partial charge in [-0.2, -0.15) is 0 Å². The van der Waals surface area contributed by atoms with Gasteiger partial charge in [-0.05, 0) is 35.4 Å². The zero-order valence-electron chi connectivity index (χ0n) is 10.7. The van der Waals surface area contributed by atoms with Gasteiger partial charge in [-0.25, -0.2) is 14.2 Å². The molecule has 0 amide bonds. The Bertz CT molecular complexity index is 844. The largest absolute Gasteiger partial charge is 0.505 e. The molecule has 0 atom stereocenters. The van der Waals surface area contributed by atoms with Gasteiger partial charge < -0.3 is 10.2 Å². The zero-order chi connectivity index (χ0) is 15.0. The highest BCUT2D eigenvalue weighted by atomic mass is 19.1. The molecule has 0 aliphatic rings. The molecule has 1 aromatic heterocycles. The Labute approximate surface area is 119 Å². The van der Waals surface area contributed by atoms with Crippen molar-refractivity contribution in [3.63, 3.8) is 0 Å². The Morgan fingerprint density at radius 3 is 2.38 bits per heavy atom. The summed E-state index contributed by atoms with van der Waals surface area (Å²) in [6.45, 7) is 0. The summed E-state index contributed by atoms with van der Waals surface area (Å²) in [4.78, 5) is 14.7. The molecular weight excluding hydrogens is 273 g/mol. The fraction of sp³-hybridized carbons (Fsp3) is 0. The lowest BCUT2D eigenvalue weighted by Crippen LogP contribution is -2.00. The third-order valence-corrected chi connectivity index (χ3v) is 3.24. The van der Waals surface area contributed by atoms with Gasteiger partial charge in [0.05, 0.1) is 0 Å². The van der Waals surface area contributed by atoms with Crippen LogP contribution in [0.15, 0.2) is 48.7 Å². The number of fused-ring (bicyclic) bond motifs is 1. The molecular formula is C16H10FNO3. The highest BCUT2D eigenvalue weighted by molar-refractivity contribution is 5.99. The van der Waals surface area contributed by atoms with Crippen molar-refractivity contribution in [2.45, 2.75) is 0 Å². The standard InChI is InChI=1S/C16H10FNO3/c17-12-4-1-9(2-5-12)10-3-6-13-11(7-10)8-18-14(15(13)19)16(20)21/h1-8,19H,(H,20,21). The summed E-state index contributed by atoms with van der Waals surface area (Å²) in [5.41, 5.74) is 1.27. The van der Waals surface area contributed by atoms with Gasteiger partial charge in [-0.1, -0.05) is 18.2 Å². The van der Waals surface area contributed by atoms with Crippen LogP contribution in [0.5, 0.6) is 5.75 Å². The van der Waals surface area contributed by atoms with Crippen molar-refractivity contribution in [3.8, 4) is 16.9 Å². The van der Waals surface area contributed by atoms with Crippen molar-refractivity contribution < 1.29 is 19.4 Å². The SMILES string of the molecule is O=C(O)c1ncc2cc(-c3ccc(F)cc3)ccc2c1O. The quantitative estimate of drug-likeness (QED) is 0.755. The van der Waals surface area contributed by atoms with Gasteiger partial charge in [-0.3, -0.25) is 0 Å². The number of hydrogen-bond acceptors (Lipinski definition) is 3. The number of carboxylic acid groups (broad SMARTS) is 1. The third kappa shape index (κ3) is 2.29. The smallest absolute Gasteiger partial charge is 0.358 e. The molecule has 21 heavy (non-hydrogen) atoms. The number of nitrogens with zero attached hydrogens (tertiary/aromatic N) is 1. The summed E-state index contributed by atoms with van der Waals surface area (Å²) >= 11 is 0. The van der Waals surface area contributed by atoms with Crippen LogP contribution in [0.4, 0.5) is 4.39 Å². The van der Waals surface area contributed by atoms with E-state index in [1.165, 1.54) is 18.3 Å². The first kappa shape index (κ1) is 13.1. The summed E-state index contributed by atoms with van der Waals surface area (Å²) in [6.07, 6.45) is 1.39. The van der Waals surface area contributed by atoms with Crippen molar-refractivity contribution in [2.24, 2.45) is 0 Å². The van der Waals surface area contributed by atoms with Gasteiger partial charge in [0, 0.05) is 17.0 Å². The number of aromatic nitrogens is 1. The van der Waals surface area contributed by atoms with Crippen LogP contribution < -0.4 is 0 Å². The van der Waals surface area contributed by atoms with Gasteiger partial charge in [0.1, 0.15) is 5.82 Å². The Balaban J connectivity index is 2.15. The topological polar surface area (TPSA) is 70.4 Å². The van der Waals surface area contributed by atoms with Crippen LogP contribution >= 0.6 is 0 Å². The molecule has 0 fully saturated rings. The van der Waals surface area contributed by atoms with E-state index in [1.54, 1.807) is 30.3 Å². The summed E-state index contributed by atoms with van der Waals surface area (Å²) in [6, 6.07) is 11.1. The average Bonchev–Trinajstić information content (AvgIpc) is 2.47. The van der Waals surface area contributed by atoms with Crippen LogP contribution in [0, 0.1) is 5.82 Å². The second-order valence-corrected chi connectivity index (χ2v) is 4.57. The molecule has 0 aliphatic carbocycles. The fourth-order valence-electron chi connectivity index (χ4n) is 2.19. The summed E-state index contributed by atoms with van der Waals surface area (Å²) in [7, 11) is 0. The highest BCUT2D eigenvalue weighted by Crippen LogP contribution is 2.30. The number of carboxylic acids is 1. The second kappa shape index (κ2) is 4.86. The summed E-state index contributed by atoms with van der Waals surface area (Å²) in [5, 5.41) is 19.9. The van der Waals surface area contributed by atoms with Gasteiger partial charge in [0.15, 0.2) is 11.4 Å². The van der Waals surface area contributed by atoms with Crippen LogP contribution in [-0.4, -0.2) is 21.2 Å². The molecule has 0 bridgehead atoms. The van der Waals surface area contributed by atoms with E-state index in [9.17, 15) is 14.3 Å². The molecule has 0 aliphatic heterocycles. The average molecular weight is 283 g/mol. The number of hydrogen-bond donors (Lipinski definition) is 2. The molecule has 3 aromatic rings. The van der Waals surface area contributed by atoms with Gasteiger partial charge >= 0.3 is 5.97 Å². The van der Waals surface area contributed by atoms with Crippen LogP contribution in [0.3, 0.4) is 0 Å². The zero-order valence-corrected chi connectivity index (χ0v) is 10.7. The van der Waals surface area contributed by atoms with Crippen LogP contribution in [0.1, 0.15) is 10.5 Å². The number of aromatic hydroxyl groups is 1. The molecule has 2 aromatic carbocycles. The minimum atomic E-state index is -1.28. The lowest BCUT2D eigenvalue weighted by atomic mass is 10.0. The van der Waals surface area contributed by atoms with Gasteiger partial charge in [0.2, 0.25) is 0 Å². The van der Waals surface area contributed by atoms with E-state index >= 15 is 0 Å². The van der Waals surface area contributed by atoms with Crippen LogP contribution in [-0.2, 0) is 0 Å². The molecule has 104 valence electrons. The number of aromatic carboxylic acids is 1. The molecule has 0 spiro atoms. The summed E-state index contributed by atoms with van der Waals surface area (Å²) in [5.74, 6) is -1.95. The van der Waals surface area contributed by atoms with Crippen molar-refractivity contribution in [3.05, 3.63) is 60.2 Å². The maximum absolute atomic E-state index is 12.9.